The zero-order valence-electron chi connectivity index (χ0n) is 15.3. The van der Waals surface area contributed by atoms with Gasteiger partial charge in [0.25, 0.3) is 0 Å². The number of guanidine groups is 1. The molecule has 0 radical (unpaired) electrons. The molecule has 142 valence electrons. The Bertz CT molecular complexity index is 663. The molecule has 0 saturated heterocycles. The minimum absolute atomic E-state index is 0. The van der Waals surface area contributed by atoms with Gasteiger partial charge in [-0.25, -0.2) is 8.42 Å². The molecule has 2 N–H and O–H groups in total. The molecule has 0 unspecified atom stereocenters. The highest BCUT2D eigenvalue weighted by Crippen LogP contribution is 2.42. The maximum absolute atomic E-state index is 11.3. The van der Waals surface area contributed by atoms with E-state index in [-0.39, 0.29) is 29.7 Å². The molecule has 2 rings (SSSR count). The molecule has 1 aromatic carbocycles. The molecule has 0 amide bonds. The van der Waals surface area contributed by atoms with Crippen LogP contribution in [-0.4, -0.2) is 34.2 Å². The molecule has 1 aromatic rings. The SMILES string of the molecule is CCC1(CNC(=NC)NCc2ccc(CS(C)(=O)=O)cc2)CCC1.I. The number of aliphatic imine (C=N–C) groups is 1. The molecule has 7 heteroatoms. The second-order valence-electron chi connectivity index (χ2n) is 6.87. The van der Waals surface area contributed by atoms with Crippen LogP contribution in [0.3, 0.4) is 0 Å². The highest BCUT2D eigenvalue weighted by atomic mass is 127. The third kappa shape index (κ3) is 7.13. The zero-order valence-corrected chi connectivity index (χ0v) is 18.5. The molecule has 1 saturated carbocycles. The van der Waals surface area contributed by atoms with Crippen molar-refractivity contribution in [3.63, 3.8) is 0 Å². The van der Waals surface area contributed by atoms with E-state index >= 15 is 0 Å². The van der Waals surface area contributed by atoms with Crippen LogP contribution in [0.15, 0.2) is 29.3 Å². The van der Waals surface area contributed by atoms with Gasteiger partial charge in [-0.2, -0.15) is 0 Å². The molecule has 0 atom stereocenters. The Kier molecular flexibility index (Phi) is 8.67. The van der Waals surface area contributed by atoms with E-state index in [0.717, 1.165) is 23.6 Å². The summed E-state index contributed by atoms with van der Waals surface area (Å²) in [6.07, 6.45) is 6.40. The summed E-state index contributed by atoms with van der Waals surface area (Å²) in [7, 11) is -1.20. The lowest BCUT2D eigenvalue weighted by atomic mass is 9.67. The predicted molar refractivity (Wildman–Crippen MR) is 115 cm³/mol. The van der Waals surface area contributed by atoms with Crippen LogP contribution in [0.1, 0.15) is 43.7 Å². The number of hydrogen-bond donors (Lipinski definition) is 2. The van der Waals surface area contributed by atoms with Crippen LogP contribution >= 0.6 is 24.0 Å². The number of hydrogen-bond acceptors (Lipinski definition) is 3. The van der Waals surface area contributed by atoms with Gasteiger partial charge in [0.2, 0.25) is 0 Å². The van der Waals surface area contributed by atoms with E-state index in [0.29, 0.717) is 12.0 Å². The second-order valence-corrected chi connectivity index (χ2v) is 9.01. The van der Waals surface area contributed by atoms with Gasteiger partial charge in [-0.15, -0.1) is 24.0 Å². The Morgan fingerprint density at radius 2 is 1.76 bits per heavy atom. The van der Waals surface area contributed by atoms with E-state index in [1.54, 1.807) is 7.05 Å². The first-order valence-electron chi connectivity index (χ1n) is 8.56. The van der Waals surface area contributed by atoms with Crippen molar-refractivity contribution >= 4 is 39.8 Å². The van der Waals surface area contributed by atoms with Gasteiger partial charge in [-0.3, -0.25) is 4.99 Å². The van der Waals surface area contributed by atoms with Crippen molar-refractivity contribution in [2.24, 2.45) is 10.4 Å². The molecule has 0 aliphatic heterocycles. The number of rotatable bonds is 7. The first kappa shape index (κ1) is 22.2. The molecule has 0 spiro atoms. The Hall–Kier alpha value is -0.830. The summed E-state index contributed by atoms with van der Waals surface area (Å²) in [5, 5.41) is 6.75. The van der Waals surface area contributed by atoms with Crippen molar-refractivity contribution in [2.75, 3.05) is 19.8 Å². The molecule has 5 nitrogen and oxygen atoms in total. The summed E-state index contributed by atoms with van der Waals surface area (Å²) in [6.45, 7) is 3.89. The molecule has 0 bridgehead atoms. The fraction of sp³-hybridized carbons (Fsp3) is 0.611. The quantitative estimate of drug-likeness (QED) is 0.358. The summed E-state index contributed by atoms with van der Waals surface area (Å²) in [5.41, 5.74) is 2.37. The van der Waals surface area contributed by atoms with Crippen LogP contribution in [0.5, 0.6) is 0 Å². The van der Waals surface area contributed by atoms with Crippen molar-refractivity contribution in [1.29, 1.82) is 0 Å². The standard InChI is InChI=1S/C18H29N3O2S.HI/c1-4-18(10-5-11-18)14-21-17(19-2)20-12-15-6-8-16(9-7-15)13-24(3,22)23;/h6-9H,4-5,10-14H2,1-3H3,(H2,19,20,21);1H. The normalized spacial score (nSPS) is 16.5. The number of nitrogens with zero attached hydrogens (tertiary/aromatic N) is 1. The molecule has 0 aromatic heterocycles. The first-order valence-corrected chi connectivity index (χ1v) is 10.6. The summed E-state index contributed by atoms with van der Waals surface area (Å²) in [5.74, 6) is 0.901. The van der Waals surface area contributed by atoms with Crippen molar-refractivity contribution in [2.45, 2.75) is 44.9 Å². The van der Waals surface area contributed by atoms with Crippen LogP contribution in [0.25, 0.3) is 0 Å². The minimum Gasteiger partial charge on any atom is -0.356 e. The van der Waals surface area contributed by atoms with Crippen LogP contribution in [0.4, 0.5) is 0 Å². The zero-order chi connectivity index (χ0) is 17.6. The van der Waals surface area contributed by atoms with Gasteiger partial charge in [0.15, 0.2) is 15.8 Å². The summed E-state index contributed by atoms with van der Waals surface area (Å²) in [4.78, 5) is 4.28. The Morgan fingerprint density at radius 3 is 2.20 bits per heavy atom. The van der Waals surface area contributed by atoms with Gasteiger partial charge in [0.1, 0.15) is 0 Å². The van der Waals surface area contributed by atoms with Crippen LogP contribution < -0.4 is 10.6 Å². The van der Waals surface area contributed by atoms with E-state index in [9.17, 15) is 8.42 Å². The van der Waals surface area contributed by atoms with E-state index in [1.807, 2.05) is 24.3 Å². The lowest BCUT2D eigenvalue weighted by Crippen LogP contribution is -2.46. The van der Waals surface area contributed by atoms with Gasteiger partial charge in [-0.05, 0) is 35.8 Å². The van der Waals surface area contributed by atoms with E-state index in [1.165, 1.54) is 31.9 Å². The van der Waals surface area contributed by atoms with Crippen LogP contribution in [-0.2, 0) is 22.1 Å². The smallest absolute Gasteiger partial charge is 0.191 e. The van der Waals surface area contributed by atoms with Crippen molar-refractivity contribution in [3.8, 4) is 0 Å². The third-order valence-corrected chi connectivity index (χ3v) is 5.79. The van der Waals surface area contributed by atoms with Crippen LogP contribution in [0, 0.1) is 5.41 Å². The maximum Gasteiger partial charge on any atom is 0.191 e. The fourth-order valence-corrected chi connectivity index (χ4v) is 3.86. The second kappa shape index (κ2) is 9.75. The lowest BCUT2D eigenvalue weighted by Gasteiger charge is -2.41. The Balaban J connectivity index is 0.00000312. The van der Waals surface area contributed by atoms with Gasteiger partial charge < -0.3 is 10.6 Å². The average Bonchev–Trinajstić information content (AvgIpc) is 2.49. The molecular formula is C18H30IN3O2S. The van der Waals surface area contributed by atoms with E-state index in [4.69, 9.17) is 0 Å². The lowest BCUT2D eigenvalue weighted by molar-refractivity contribution is 0.131. The largest absolute Gasteiger partial charge is 0.356 e. The molecular weight excluding hydrogens is 449 g/mol. The van der Waals surface area contributed by atoms with E-state index < -0.39 is 9.84 Å². The van der Waals surface area contributed by atoms with E-state index in [2.05, 4.69) is 22.5 Å². The van der Waals surface area contributed by atoms with Gasteiger partial charge in [0, 0.05) is 26.4 Å². The predicted octanol–water partition coefficient (Wildman–Crippen LogP) is 3.09. The molecule has 1 aliphatic rings. The highest BCUT2D eigenvalue weighted by Gasteiger charge is 2.34. The van der Waals surface area contributed by atoms with Gasteiger partial charge in [-0.1, -0.05) is 37.6 Å². The summed E-state index contributed by atoms with van der Waals surface area (Å²) < 4.78 is 22.6. The number of sulfone groups is 1. The molecule has 1 aliphatic carbocycles. The Morgan fingerprint density at radius 1 is 1.16 bits per heavy atom. The average molecular weight is 479 g/mol. The number of nitrogens with one attached hydrogen (secondary N) is 2. The molecule has 25 heavy (non-hydrogen) atoms. The number of halogens is 1. The highest BCUT2D eigenvalue weighted by molar-refractivity contribution is 14.0. The molecule has 0 heterocycles. The minimum atomic E-state index is -2.99. The van der Waals surface area contributed by atoms with Gasteiger partial charge >= 0.3 is 0 Å². The Labute approximate surface area is 169 Å². The monoisotopic (exact) mass is 479 g/mol. The van der Waals surface area contributed by atoms with Crippen LogP contribution in [0.2, 0.25) is 0 Å². The fourth-order valence-electron chi connectivity index (χ4n) is 3.07. The van der Waals surface area contributed by atoms with Crippen molar-refractivity contribution in [3.05, 3.63) is 35.4 Å². The van der Waals surface area contributed by atoms with Gasteiger partial charge in [0.05, 0.1) is 5.75 Å². The summed E-state index contributed by atoms with van der Waals surface area (Å²) in [6, 6.07) is 7.66. The first-order chi connectivity index (χ1) is 11.4. The summed E-state index contributed by atoms with van der Waals surface area (Å²) >= 11 is 0. The van der Waals surface area contributed by atoms with Crippen molar-refractivity contribution < 1.29 is 8.42 Å². The van der Waals surface area contributed by atoms with Crippen molar-refractivity contribution in [1.82, 2.24) is 10.6 Å². The maximum atomic E-state index is 11.3. The topological polar surface area (TPSA) is 70.6 Å². The number of benzene rings is 1. The third-order valence-electron chi connectivity index (χ3n) is 4.93. The molecule has 1 fully saturated rings.